The van der Waals surface area contributed by atoms with Crippen LogP contribution in [0.15, 0.2) is 18.6 Å². The number of aromatic nitrogens is 2. The molecule has 1 N–H and O–H groups in total. The van der Waals surface area contributed by atoms with Crippen molar-refractivity contribution >= 4 is 5.78 Å². The summed E-state index contributed by atoms with van der Waals surface area (Å²) in [5, 5.41) is 3.30. The smallest absolute Gasteiger partial charge is 0.183 e. The summed E-state index contributed by atoms with van der Waals surface area (Å²) in [4.78, 5) is 19.7. The first-order chi connectivity index (χ1) is 7.36. The van der Waals surface area contributed by atoms with E-state index in [1.165, 1.54) is 6.42 Å². The molecule has 0 spiro atoms. The van der Waals surface area contributed by atoms with Gasteiger partial charge in [0, 0.05) is 18.8 Å². The fraction of sp³-hybridized carbons (Fsp3) is 0.545. The minimum atomic E-state index is 0.108. The second kappa shape index (κ2) is 4.98. The van der Waals surface area contributed by atoms with Crippen LogP contribution in [-0.4, -0.2) is 28.8 Å². The maximum atomic E-state index is 11.8. The molecule has 4 nitrogen and oxygen atoms in total. The summed E-state index contributed by atoms with van der Waals surface area (Å²) in [6.45, 7) is 2.03. The molecule has 0 saturated carbocycles. The number of nitrogens with zero attached hydrogens (tertiary/aromatic N) is 2. The van der Waals surface area contributed by atoms with Crippen LogP contribution in [0.1, 0.15) is 29.8 Å². The van der Waals surface area contributed by atoms with E-state index in [9.17, 15) is 4.79 Å². The Morgan fingerprint density at radius 3 is 3.13 bits per heavy atom. The van der Waals surface area contributed by atoms with Crippen molar-refractivity contribution in [1.82, 2.24) is 15.3 Å². The van der Waals surface area contributed by atoms with Gasteiger partial charge in [-0.25, -0.2) is 4.98 Å². The quantitative estimate of drug-likeness (QED) is 0.749. The number of carbonyl (C=O) groups excluding carboxylic acids is 1. The van der Waals surface area contributed by atoms with Gasteiger partial charge in [-0.2, -0.15) is 0 Å². The van der Waals surface area contributed by atoms with Gasteiger partial charge in [0.25, 0.3) is 0 Å². The Bertz CT molecular complexity index is 320. The predicted octanol–water partition coefficient (Wildman–Crippen LogP) is 1.05. The first-order valence-corrected chi connectivity index (χ1v) is 5.36. The molecule has 0 aliphatic carbocycles. The molecule has 1 saturated heterocycles. The summed E-state index contributed by atoms with van der Waals surface area (Å²) >= 11 is 0. The average Bonchev–Trinajstić information content (AvgIpc) is 2.31. The van der Waals surface area contributed by atoms with Gasteiger partial charge < -0.3 is 5.32 Å². The van der Waals surface area contributed by atoms with Crippen molar-refractivity contribution in [3.05, 3.63) is 24.3 Å². The lowest BCUT2D eigenvalue weighted by molar-refractivity contribution is 0.0948. The standard InChI is InChI=1S/C11H15N3O/c15-11(10-8-13-4-5-14-10)6-9-2-1-3-12-7-9/h4-5,8-9,12H,1-3,6-7H2. The van der Waals surface area contributed by atoms with Crippen molar-refractivity contribution < 1.29 is 4.79 Å². The van der Waals surface area contributed by atoms with Crippen molar-refractivity contribution in [2.45, 2.75) is 19.3 Å². The highest BCUT2D eigenvalue weighted by Crippen LogP contribution is 2.15. The third-order valence-corrected chi connectivity index (χ3v) is 2.72. The Morgan fingerprint density at radius 2 is 2.47 bits per heavy atom. The average molecular weight is 205 g/mol. The van der Waals surface area contributed by atoms with Gasteiger partial charge in [0.1, 0.15) is 5.69 Å². The van der Waals surface area contributed by atoms with Gasteiger partial charge in [-0.3, -0.25) is 9.78 Å². The molecule has 1 aliphatic rings. The first kappa shape index (κ1) is 10.2. The highest BCUT2D eigenvalue weighted by molar-refractivity contribution is 5.94. The molecule has 1 aliphatic heterocycles. The Hall–Kier alpha value is -1.29. The Kier molecular flexibility index (Phi) is 3.40. The van der Waals surface area contributed by atoms with E-state index < -0.39 is 0 Å². The molecular weight excluding hydrogens is 190 g/mol. The fourth-order valence-corrected chi connectivity index (χ4v) is 1.91. The zero-order chi connectivity index (χ0) is 10.5. The number of Topliss-reactive ketones (excluding diaryl/α,β-unsaturated/α-hetero) is 1. The molecular formula is C11H15N3O. The molecule has 80 valence electrons. The summed E-state index contributed by atoms with van der Waals surface area (Å²) in [5.74, 6) is 0.574. The van der Waals surface area contributed by atoms with Crippen LogP contribution in [0.3, 0.4) is 0 Å². The maximum Gasteiger partial charge on any atom is 0.183 e. The molecule has 1 aromatic heterocycles. The zero-order valence-corrected chi connectivity index (χ0v) is 8.65. The highest BCUT2D eigenvalue weighted by Gasteiger charge is 2.18. The number of piperidine rings is 1. The van der Waals surface area contributed by atoms with Crippen molar-refractivity contribution in [2.24, 2.45) is 5.92 Å². The normalized spacial score (nSPS) is 21.2. The summed E-state index contributed by atoms with van der Waals surface area (Å²) in [6.07, 6.45) is 7.58. The minimum Gasteiger partial charge on any atom is -0.316 e. The molecule has 2 rings (SSSR count). The van der Waals surface area contributed by atoms with Crippen molar-refractivity contribution in [3.8, 4) is 0 Å². The molecule has 0 amide bonds. The second-order valence-corrected chi connectivity index (χ2v) is 3.93. The molecule has 0 aromatic carbocycles. The fourth-order valence-electron chi connectivity index (χ4n) is 1.91. The van der Waals surface area contributed by atoms with Crippen LogP contribution >= 0.6 is 0 Å². The SMILES string of the molecule is O=C(CC1CCCNC1)c1cnccn1. The van der Waals surface area contributed by atoms with Crippen LogP contribution < -0.4 is 5.32 Å². The van der Waals surface area contributed by atoms with Gasteiger partial charge in [0.05, 0.1) is 6.20 Å². The number of hydrogen-bond donors (Lipinski definition) is 1. The lowest BCUT2D eigenvalue weighted by Gasteiger charge is -2.21. The topological polar surface area (TPSA) is 54.9 Å². The Morgan fingerprint density at radius 1 is 1.53 bits per heavy atom. The lowest BCUT2D eigenvalue weighted by Crippen LogP contribution is -2.31. The Labute approximate surface area is 89.1 Å². The Balaban J connectivity index is 1.91. The summed E-state index contributed by atoms with van der Waals surface area (Å²) in [6, 6.07) is 0. The van der Waals surface area contributed by atoms with Crippen LogP contribution in [0.25, 0.3) is 0 Å². The van der Waals surface area contributed by atoms with Crippen LogP contribution in [0.4, 0.5) is 0 Å². The van der Waals surface area contributed by atoms with Crippen molar-refractivity contribution in [1.29, 1.82) is 0 Å². The monoisotopic (exact) mass is 205 g/mol. The zero-order valence-electron chi connectivity index (χ0n) is 8.65. The molecule has 2 heterocycles. The summed E-state index contributed by atoms with van der Waals surface area (Å²) in [7, 11) is 0. The molecule has 0 bridgehead atoms. The largest absolute Gasteiger partial charge is 0.316 e. The summed E-state index contributed by atoms with van der Waals surface area (Å²) in [5.41, 5.74) is 0.489. The molecule has 15 heavy (non-hydrogen) atoms. The number of rotatable bonds is 3. The van der Waals surface area contributed by atoms with E-state index in [1.807, 2.05) is 0 Å². The third-order valence-electron chi connectivity index (χ3n) is 2.72. The minimum absolute atomic E-state index is 0.108. The van der Waals surface area contributed by atoms with Crippen LogP contribution in [-0.2, 0) is 0 Å². The van der Waals surface area contributed by atoms with Gasteiger partial charge in [-0.15, -0.1) is 0 Å². The number of nitrogens with one attached hydrogen (secondary N) is 1. The molecule has 1 unspecified atom stereocenters. The number of carbonyl (C=O) groups is 1. The van der Waals surface area contributed by atoms with E-state index >= 15 is 0 Å². The lowest BCUT2D eigenvalue weighted by atomic mass is 9.93. The molecule has 1 atom stereocenters. The highest BCUT2D eigenvalue weighted by atomic mass is 16.1. The van der Waals surface area contributed by atoms with Crippen LogP contribution in [0, 0.1) is 5.92 Å². The van der Waals surface area contributed by atoms with E-state index in [0.717, 1.165) is 19.5 Å². The third kappa shape index (κ3) is 2.83. The van der Waals surface area contributed by atoms with Gasteiger partial charge in [0.15, 0.2) is 5.78 Å². The van der Waals surface area contributed by atoms with Gasteiger partial charge in [-0.05, 0) is 31.8 Å². The molecule has 1 fully saturated rings. The van der Waals surface area contributed by atoms with E-state index in [0.29, 0.717) is 18.0 Å². The van der Waals surface area contributed by atoms with E-state index in [4.69, 9.17) is 0 Å². The van der Waals surface area contributed by atoms with Gasteiger partial charge in [-0.1, -0.05) is 0 Å². The van der Waals surface area contributed by atoms with E-state index in [1.54, 1.807) is 18.6 Å². The van der Waals surface area contributed by atoms with Crippen LogP contribution in [0.2, 0.25) is 0 Å². The summed E-state index contributed by atoms with van der Waals surface area (Å²) < 4.78 is 0. The first-order valence-electron chi connectivity index (χ1n) is 5.36. The maximum absolute atomic E-state index is 11.8. The van der Waals surface area contributed by atoms with E-state index in [-0.39, 0.29) is 5.78 Å². The molecule has 1 aromatic rings. The second-order valence-electron chi connectivity index (χ2n) is 3.93. The number of hydrogen-bond acceptors (Lipinski definition) is 4. The predicted molar refractivity (Wildman–Crippen MR) is 56.6 cm³/mol. The molecule has 4 heteroatoms. The van der Waals surface area contributed by atoms with E-state index in [2.05, 4.69) is 15.3 Å². The van der Waals surface area contributed by atoms with Crippen molar-refractivity contribution in [2.75, 3.05) is 13.1 Å². The van der Waals surface area contributed by atoms with Gasteiger partial charge in [0.2, 0.25) is 0 Å². The van der Waals surface area contributed by atoms with Gasteiger partial charge >= 0.3 is 0 Å². The molecule has 0 radical (unpaired) electrons. The number of ketones is 1. The van der Waals surface area contributed by atoms with Crippen LogP contribution in [0.5, 0.6) is 0 Å². The van der Waals surface area contributed by atoms with Crippen molar-refractivity contribution in [3.63, 3.8) is 0 Å².